The highest BCUT2D eigenvalue weighted by molar-refractivity contribution is 7.90. The van der Waals surface area contributed by atoms with Gasteiger partial charge in [-0.15, -0.1) is 0 Å². The van der Waals surface area contributed by atoms with Crippen molar-refractivity contribution in [3.8, 4) is 0 Å². The third-order valence-corrected chi connectivity index (χ3v) is 8.25. The number of rotatable bonds is 4. The predicted molar refractivity (Wildman–Crippen MR) is 103 cm³/mol. The summed E-state index contributed by atoms with van der Waals surface area (Å²) in [5.74, 6) is 0.363. The largest absolute Gasteiger partial charge is 0.365 e. The molecule has 1 aromatic rings. The monoisotopic (exact) mass is 412 g/mol. The summed E-state index contributed by atoms with van der Waals surface area (Å²) in [5.41, 5.74) is 0.0370. The summed E-state index contributed by atoms with van der Waals surface area (Å²) in [5, 5.41) is 0.00734. The van der Waals surface area contributed by atoms with Crippen molar-refractivity contribution in [2.75, 3.05) is 19.6 Å². The van der Waals surface area contributed by atoms with E-state index in [4.69, 9.17) is 16.3 Å². The Morgan fingerprint density at radius 2 is 2.15 bits per heavy atom. The average molecular weight is 413 g/mol. The lowest BCUT2D eigenvalue weighted by molar-refractivity contribution is -0.151. The quantitative estimate of drug-likeness (QED) is 0.760. The van der Waals surface area contributed by atoms with Crippen LogP contribution >= 0.6 is 11.6 Å². The molecule has 3 saturated heterocycles. The van der Waals surface area contributed by atoms with Gasteiger partial charge >= 0.3 is 0 Å². The highest BCUT2D eigenvalue weighted by atomic mass is 35.5. The Morgan fingerprint density at radius 3 is 2.85 bits per heavy atom. The van der Waals surface area contributed by atoms with Crippen molar-refractivity contribution in [2.45, 2.75) is 50.2 Å². The summed E-state index contributed by atoms with van der Waals surface area (Å²) in [6.45, 7) is 5.43. The van der Waals surface area contributed by atoms with E-state index in [-0.39, 0.29) is 31.0 Å². The van der Waals surface area contributed by atoms with E-state index in [0.717, 1.165) is 5.56 Å². The minimum Gasteiger partial charge on any atom is -0.365 e. The molecular formula is C19H25ClN2O4S. The molecule has 1 aromatic carbocycles. The zero-order valence-electron chi connectivity index (χ0n) is 15.6. The van der Waals surface area contributed by atoms with Gasteiger partial charge in [0, 0.05) is 31.1 Å². The van der Waals surface area contributed by atoms with Crippen LogP contribution < -0.4 is 0 Å². The van der Waals surface area contributed by atoms with E-state index in [1.807, 2.05) is 30.9 Å². The highest BCUT2D eigenvalue weighted by Crippen LogP contribution is 2.47. The van der Waals surface area contributed by atoms with Crippen molar-refractivity contribution in [1.82, 2.24) is 9.21 Å². The molecule has 2 bridgehead atoms. The van der Waals surface area contributed by atoms with Crippen molar-refractivity contribution in [2.24, 2.45) is 5.92 Å². The molecular weight excluding hydrogens is 388 g/mol. The predicted octanol–water partition coefficient (Wildman–Crippen LogP) is 2.27. The number of morpholine rings is 1. The van der Waals surface area contributed by atoms with Gasteiger partial charge in [0.05, 0.1) is 12.6 Å². The van der Waals surface area contributed by atoms with Crippen molar-refractivity contribution >= 4 is 27.5 Å². The summed E-state index contributed by atoms with van der Waals surface area (Å²) < 4.78 is 34.0. The van der Waals surface area contributed by atoms with Gasteiger partial charge in [-0.25, -0.2) is 8.42 Å². The fourth-order valence-electron chi connectivity index (χ4n) is 4.60. The number of amides is 1. The van der Waals surface area contributed by atoms with E-state index in [1.54, 1.807) is 12.1 Å². The fraction of sp³-hybridized carbons (Fsp3) is 0.632. The van der Waals surface area contributed by atoms with Gasteiger partial charge in [-0.3, -0.25) is 4.79 Å². The number of sulfonamides is 1. The number of nitrogens with zero attached hydrogens (tertiary/aromatic N) is 2. The minimum absolute atomic E-state index is 0.0871. The molecule has 0 radical (unpaired) electrons. The van der Waals surface area contributed by atoms with E-state index in [2.05, 4.69) is 0 Å². The number of hydrogen-bond donors (Lipinski definition) is 0. The normalized spacial score (nSPS) is 32.1. The van der Waals surface area contributed by atoms with Crippen molar-refractivity contribution in [3.63, 3.8) is 0 Å². The van der Waals surface area contributed by atoms with E-state index < -0.39 is 20.9 Å². The minimum atomic E-state index is -3.48. The summed E-state index contributed by atoms with van der Waals surface area (Å²) in [4.78, 5) is 14.4. The highest BCUT2D eigenvalue weighted by Gasteiger charge is 2.65. The Labute approximate surface area is 165 Å². The number of ether oxygens (including phenoxy) is 1. The van der Waals surface area contributed by atoms with E-state index in [1.165, 1.54) is 4.31 Å². The molecule has 3 fully saturated rings. The standard InChI is InChI=1S/C19H25ClN2O4S/c1-13(2)6-18(23)21-10-16-8-17-19(11-21,26-16)12-22(27(17,24)25)9-14-4-3-5-15(20)7-14/h3-5,7,13,16-17H,6,8-12H2,1-2H3/t16-,17+,19+/m0/s1. The lowest BCUT2D eigenvalue weighted by Crippen LogP contribution is -2.56. The molecule has 0 unspecified atom stereocenters. The van der Waals surface area contributed by atoms with Crippen molar-refractivity contribution in [1.29, 1.82) is 0 Å². The number of fused-ring (bicyclic) bond motifs is 1. The van der Waals surface area contributed by atoms with Crippen LogP contribution in [0.2, 0.25) is 5.02 Å². The number of halogens is 1. The Bertz CT molecular complexity index is 859. The Morgan fingerprint density at radius 1 is 1.37 bits per heavy atom. The van der Waals surface area contributed by atoms with E-state index >= 15 is 0 Å². The summed E-state index contributed by atoms with van der Waals surface area (Å²) in [7, 11) is -3.48. The molecule has 1 spiro atoms. The first kappa shape index (κ1) is 19.2. The fourth-order valence-corrected chi connectivity index (χ4v) is 7.10. The SMILES string of the molecule is CC(C)CC(=O)N1C[C@@H]2C[C@@H]3[C@@](C1)(CN(Cc1cccc(Cl)c1)S3(=O)=O)O2. The van der Waals surface area contributed by atoms with Crippen LogP contribution in [0, 0.1) is 5.92 Å². The van der Waals surface area contributed by atoms with Gasteiger partial charge in [-0.1, -0.05) is 37.6 Å². The second kappa shape index (κ2) is 6.72. The molecule has 6 nitrogen and oxygen atoms in total. The van der Waals surface area contributed by atoms with E-state index in [0.29, 0.717) is 31.0 Å². The Balaban J connectivity index is 1.57. The number of benzene rings is 1. The zero-order chi connectivity index (χ0) is 19.4. The van der Waals surface area contributed by atoms with Crippen LogP contribution in [-0.4, -0.2) is 60.1 Å². The van der Waals surface area contributed by atoms with Crippen LogP contribution in [0.4, 0.5) is 0 Å². The molecule has 0 saturated carbocycles. The smallest absolute Gasteiger partial charge is 0.223 e. The van der Waals surface area contributed by atoms with Gasteiger partial charge in [0.25, 0.3) is 0 Å². The van der Waals surface area contributed by atoms with Crippen LogP contribution in [0.3, 0.4) is 0 Å². The maximum absolute atomic E-state index is 13.2. The first-order chi connectivity index (χ1) is 12.7. The maximum Gasteiger partial charge on any atom is 0.223 e. The van der Waals surface area contributed by atoms with Gasteiger partial charge in [0.1, 0.15) is 10.9 Å². The molecule has 0 aliphatic carbocycles. The van der Waals surface area contributed by atoms with Gasteiger partial charge in [0.15, 0.2) is 0 Å². The van der Waals surface area contributed by atoms with Gasteiger partial charge in [-0.05, 0) is 30.0 Å². The summed E-state index contributed by atoms with van der Waals surface area (Å²) in [6, 6.07) is 7.24. The molecule has 3 aliphatic heterocycles. The first-order valence-corrected chi connectivity index (χ1v) is 11.3. The number of hydrogen-bond acceptors (Lipinski definition) is 4. The van der Waals surface area contributed by atoms with E-state index in [9.17, 15) is 13.2 Å². The average Bonchev–Trinajstić information content (AvgIpc) is 2.93. The third kappa shape index (κ3) is 3.39. The van der Waals surface area contributed by atoms with Crippen LogP contribution in [0.1, 0.15) is 32.3 Å². The number of carbonyl (C=O) groups excluding carboxylic acids is 1. The summed E-state index contributed by atoms with van der Waals surface area (Å²) >= 11 is 6.04. The van der Waals surface area contributed by atoms with Gasteiger partial charge in [-0.2, -0.15) is 4.31 Å². The second-order valence-electron chi connectivity index (χ2n) is 8.34. The maximum atomic E-state index is 13.2. The summed E-state index contributed by atoms with van der Waals surface area (Å²) in [6.07, 6.45) is 0.745. The molecule has 27 heavy (non-hydrogen) atoms. The molecule has 8 heteroatoms. The lowest BCUT2D eigenvalue weighted by Gasteiger charge is -2.39. The van der Waals surface area contributed by atoms with Crippen molar-refractivity contribution < 1.29 is 17.9 Å². The lowest BCUT2D eigenvalue weighted by atomic mass is 9.98. The molecule has 3 aliphatic rings. The van der Waals surface area contributed by atoms with Crippen LogP contribution in [0.5, 0.6) is 0 Å². The molecule has 3 heterocycles. The molecule has 0 aromatic heterocycles. The van der Waals surface area contributed by atoms with Crippen LogP contribution in [-0.2, 0) is 26.1 Å². The molecule has 1 amide bonds. The van der Waals surface area contributed by atoms with Crippen LogP contribution in [0.25, 0.3) is 0 Å². The number of likely N-dealkylation sites (tertiary alicyclic amines) is 1. The Kier molecular flexibility index (Phi) is 4.78. The van der Waals surface area contributed by atoms with Gasteiger partial charge in [0.2, 0.25) is 15.9 Å². The second-order valence-corrected chi connectivity index (χ2v) is 10.9. The third-order valence-electron chi connectivity index (χ3n) is 5.69. The Hall–Kier alpha value is -1.15. The van der Waals surface area contributed by atoms with Gasteiger partial charge < -0.3 is 9.64 Å². The topological polar surface area (TPSA) is 66.9 Å². The zero-order valence-corrected chi connectivity index (χ0v) is 17.2. The van der Waals surface area contributed by atoms with Crippen molar-refractivity contribution in [3.05, 3.63) is 34.9 Å². The molecule has 4 rings (SSSR count). The molecule has 3 atom stereocenters. The molecule has 0 N–H and O–H groups in total. The number of carbonyl (C=O) groups is 1. The first-order valence-electron chi connectivity index (χ1n) is 9.39. The van der Waals surface area contributed by atoms with Crippen LogP contribution in [0.15, 0.2) is 24.3 Å². The molecule has 148 valence electrons.